The van der Waals surface area contributed by atoms with E-state index in [1.807, 2.05) is 19.2 Å². The second-order valence-electron chi connectivity index (χ2n) is 13.4. The number of nitriles is 1. The Morgan fingerprint density at radius 3 is 2.51 bits per heavy atom. The average Bonchev–Trinajstić information content (AvgIpc) is 3.56. The predicted molar refractivity (Wildman–Crippen MR) is 183 cm³/mol. The third kappa shape index (κ3) is 6.41. The molecular weight excluding hydrogens is 633 g/mol. The standard InChI is InChI=1S/C36H37Cl2N7O2/c1-20-3-7-25(8-4-20)42-36(47)28-12-30-32(14-31(28)45-18-23-11-24(23)19-45)44(2)33(43-30)13-27-29(37)10-6-21(34(27)38)16-41-35(46)22-5-9-26(15-39)40-17-22/h5-6,9-10,12,14,17,20,23-25H,3-4,7-8,11,13,16,18-19H2,1-2H3,(H,41,46)(H,42,47). The Bertz CT molecular complexity index is 1900. The number of nitrogens with zero attached hydrogens (tertiary/aromatic N) is 5. The number of pyridine rings is 1. The minimum atomic E-state index is -0.325. The first kappa shape index (κ1) is 31.5. The molecule has 0 radical (unpaired) electrons. The number of carbonyl (C=O) groups excluding carboxylic acids is 2. The summed E-state index contributed by atoms with van der Waals surface area (Å²) in [6.45, 7) is 4.44. The van der Waals surface area contributed by atoms with Crippen LogP contribution in [0.15, 0.2) is 42.6 Å². The summed E-state index contributed by atoms with van der Waals surface area (Å²) in [6, 6.07) is 12.9. The van der Waals surface area contributed by atoms with Crippen LogP contribution >= 0.6 is 23.2 Å². The second kappa shape index (κ2) is 12.8. The zero-order chi connectivity index (χ0) is 32.8. The number of aromatic nitrogens is 3. The van der Waals surface area contributed by atoms with Gasteiger partial charge in [-0.1, -0.05) is 36.2 Å². The van der Waals surface area contributed by atoms with Crippen LogP contribution in [0.1, 0.15) is 82.4 Å². The maximum atomic E-state index is 13.8. The molecule has 2 N–H and O–H groups in total. The van der Waals surface area contributed by atoms with Crippen LogP contribution in [0.5, 0.6) is 0 Å². The van der Waals surface area contributed by atoms with Crippen molar-refractivity contribution in [3.05, 3.63) is 86.4 Å². The van der Waals surface area contributed by atoms with E-state index < -0.39 is 0 Å². The average molecular weight is 671 g/mol. The largest absolute Gasteiger partial charge is 0.370 e. The third-order valence-corrected chi connectivity index (χ3v) is 11.0. The van der Waals surface area contributed by atoms with Crippen molar-refractivity contribution in [3.8, 4) is 6.07 Å². The Hall–Kier alpha value is -4.13. The molecule has 2 aromatic carbocycles. The molecular formula is C36H37Cl2N7O2. The normalized spacial score (nSPS) is 21.7. The van der Waals surface area contributed by atoms with E-state index in [0.717, 1.165) is 73.2 Å². The first-order valence-electron chi connectivity index (χ1n) is 16.3. The lowest BCUT2D eigenvalue weighted by Crippen LogP contribution is -2.38. The summed E-state index contributed by atoms with van der Waals surface area (Å²) in [5.41, 5.74) is 5.39. The molecule has 2 saturated carbocycles. The Kier molecular flexibility index (Phi) is 8.58. The van der Waals surface area contributed by atoms with Crippen LogP contribution in [-0.2, 0) is 20.0 Å². The number of halogens is 2. The van der Waals surface area contributed by atoms with Crippen LogP contribution in [0.4, 0.5) is 5.69 Å². The lowest BCUT2D eigenvalue weighted by Gasteiger charge is -2.28. The number of imidazole rings is 1. The first-order chi connectivity index (χ1) is 22.7. The van der Waals surface area contributed by atoms with Crippen LogP contribution in [0.3, 0.4) is 0 Å². The molecule has 11 heteroatoms. The molecule has 4 aromatic rings. The number of fused-ring (bicyclic) bond motifs is 2. The molecule has 9 nitrogen and oxygen atoms in total. The van der Waals surface area contributed by atoms with Crippen LogP contribution in [0.2, 0.25) is 10.0 Å². The third-order valence-electron chi connectivity index (χ3n) is 10.2. The first-order valence-corrected chi connectivity index (χ1v) is 17.1. The SMILES string of the molecule is CC1CCC(NC(=O)c2cc3nc(Cc4c(Cl)ccc(CNC(=O)c5ccc(C#N)nc5)c4Cl)n(C)c3cc2N2CC3CC3C2)CC1. The fourth-order valence-corrected chi connectivity index (χ4v) is 7.69. The van der Waals surface area contributed by atoms with Crippen molar-refractivity contribution in [2.24, 2.45) is 24.8 Å². The number of aryl methyl sites for hydroxylation is 1. The van der Waals surface area contributed by atoms with E-state index in [1.54, 1.807) is 18.2 Å². The highest BCUT2D eigenvalue weighted by Crippen LogP contribution is 2.47. The van der Waals surface area contributed by atoms with Gasteiger partial charge in [0.1, 0.15) is 17.6 Å². The van der Waals surface area contributed by atoms with Crippen molar-refractivity contribution < 1.29 is 9.59 Å². The van der Waals surface area contributed by atoms with Crippen molar-refractivity contribution in [2.75, 3.05) is 18.0 Å². The van der Waals surface area contributed by atoms with Gasteiger partial charge in [0.25, 0.3) is 11.8 Å². The number of piperidine rings is 1. The van der Waals surface area contributed by atoms with Crippen LogP contribution in [0.25, 0.3) is 11.0 Å². The van der Waals surface area contributed by atoms with Crippen molar-refractivity contribution in [3.63, 3.8) is 0 Å². The van der Waals surface area contributed by atoms with Gasteiger partial charge in [0, 0.05) is 50.4 Å². The number of hydrogen-bond donors (Lipinski definition) is 2. The number of hydrogen-bond acceptors (Lipinski definition) is 6. The summed E-state index contributed by atoms with van der Waals surface area (Å²) in [7, 11) is 1.98. The number of rotatable bonds is 8. The molecule has 7 rings (SSSR count). The van der Waals surface area contributed by atoms with Gasteiger partial charge in [0.05, 0.1) is 32.9 Å². The molecule has 1 aliphatic heterocycles. The summed E-state index contributed by atoms with van der Waals surface area (Å²) < 4.78 is 2.05. The van der Waals surface area contributed by atoms with Crippen molar-refractivity contribution in [2.45, 2.75) is 58.0 Å². The molecule has 47 heavy (non-hydrogen) atoms. The van der Waals surface area contributed by atoms with Crippen LogP contribution < -0.4 is 15.5 Å². The minimum Gasteiger partial charge on any atom is -0.370 e. The van der Waals surface area contributed by atoms with E-state index in [2.05, 4.69) is 38.1 Å². The van der Waals surface area contributed by atoms with Gasteiger partial charge in [-0.15, -0.1) is 0 Å². The van der Waals surface area contributed by atoms with Gasteiger partial charge < -0.3 is 20.1 Å². The van der Waals surface area contributed by atoms with Gasteiger partial charge in [-0.3, -0.25) is 9.59 Å². The lowest BCUT2D eigenvalue weighted by atomic mass is 9.87. The highest BCUT2D eigenvalue weighted by Gasteiger charge is 2.46. The summed E-state index contributed by atoms with van der Waals surface area (Å²) >= 11 is 13.6. The summed E-state index contributed by atoms with van der Waals surface area (Å²) in [5.74, 6) is 2.59. The molecule has 0 spiro atoms. The number of carbonyl (C=O) groups is 2. The number of benzene rings is 2. The number of amides is 2. The monoisotopic (exact) mass is 669 g/mol. The summed E-state index contributed by atoms with van der Waals surface area (Å²) in [6.07, 6.45) is 7.35. The highest BCUT2D eigenvalue weighted by molar-refractivity contribution is 6.36. The van der Waals surface area contributed by atoms with Gasteiger partial charge in [0.2, 0.25) is 0 Å². The maximum Gasteiger partial charge on any atom is 0.253 e. The van der Waals surface area contributed by atoms with Gasteiger partial charge in [-0.05, 0) is 91.3 Å². The molecule has 1 saturated heterocycles. The zero-order valence-electron chi connectivity index (χ0n) is 26.5. The Balaban J connectivity index is 1.14. The van der Waals surface area contributed by atoms with Gasteiger partial charge in [-0.25, -0.2) is 9.97 Å². The molecule has 2 amide bonds. The Morgan fingerprint density at radius 2 is 1.81 bits per heavy atom. The Morgan fingerprint density at radius 1 is 1.04 bits per heavy atom. The van der Waals surface area contributed by atoms with E-state index in [9.17, 15) is 9.59 Å². The van der Waals surface area contributed by atoms with E-state index in [4.69, 9.17) is 33.4 Å². The molecule has 242 valence electrons. The number of anilines is 1. The van der Waals surface area contributed by atoms with Crippen LogP contribution in [0, 0.1) is 29.1 Å². The van der Waals surface area contributed by atoms with Crippen molar-refractivity contribution in [1.82, 2.24) is 25.2 Å². The van der Waals surface area contributed by atoms with E-state index >= 15 is 0 Å². The smallest absolute Gasteiger partial charge is 0.253 e. The van der Waals surface area contributed by atoms with Gasteiger partial charge in [0.15, 0.2) is 0 Å². The second-order valence-corrected chi connectivity index (χ2v) is 14.2. The minimum absolute atomic E-state index is 0.0214. The molecule has 3 heterocycles. The van der Waals surface area contributed by atoms with Crippen molar-refractivity contribution >= 4 is 51.7 Å². The molecule has 3 fully saturated rings. The Labute approximate surface area is 284 Å². The molecule has 2 atom stereocenters. The molecule has 2 aromatic heterocycles. The fraction of sp³-hybridized carbons (Fsp3) is 0.417. The molecule has 2 unspecified atom stereocenters. The van der Waals surface area contributed by atoms with E-state index in [-0.39, 0.29) is 30.1 Å². The topological polar surface area (TPSA) is 116 Å². The predicted octanol–water partition coefficient (Wildman–Crippen LogP) is 6.43. The zero-order valence-corrected chi connectivity index (χ0v) is 28.0. The maximum absolute atomic E-state index is 13.8. The number of nitrogens with one attached hydrogen (secondary N) is 2. The van der Waals surface area contributed by atoms with Crippen LogP contribution in [-0.4, -0.2) is 45.5 Å². The molecule has 0 bridgehead atoms. The summed E-state index contributed by atoms with van der Waals surface area (Å²) in [4.78, 5) is 37.8. The highest BCUT2D eigenvalue weighted by atomic mass is 35.5. The fourth-order valence-electron chi connectivity index (χ4n) is 7.12. The van der Waals surface area contributed by atoms with E-state index in [0.29, 0.717) is 44.6 Å². The van der Waals surface area contributed by atoms with Gasteiger partial charge >= 0.3 is 0 Å². The summed E-state index contributed by atoms with van der Waals surface area (Å²) in [5, 5.41) is 16.1. The van der Waals surface area contributed by atoms with Gasteiger partial charge in [-0.2, -0.15) is 5.26 Å². The van der Waals surface area contributed by atoms with E-state index in [1.165, 1.54) is 18.7 Å². The van der Waals surface area contributed by atoms with Crippen molar-refractivity contribution in [1.29, 1.82) is 5.26 Å². The molecule has 3 aliphatic rings. The quantitative estimate of drug-likeness (QED) is 0.223. The lowest BCUT2D eigenvalue weighted by molar-refractivity contribution is 0.0921. The molecule has 2 aliphatic carbocycles.